The van der Waals surface area contributed by atoms with Crippen LogP contribution in [0.1, 0.15) is 5.56 Å². The smallest absolute Gasteiger partial charge is 0.257 e. The fourth-order valence-corrected chi connectivity index (χ4v) is 1.97. The first-order valence-corrected chi connectivity index (χ1v) is 5.79. The van der Waals surface area contributed by atoms with Gasteiger partial charge in [-0.1, -0.05) is 0 Å². The van der Waals surface area contributed by atoms with Gasteiger partial charge in [-0.15, -0.1) is 0 Å². The maximum Gasteiger partial charge on any atom is 0.257 e. The van der Waals surface area contributed by atoms with Crippen molar-refractivity contribution in [2.24, 2.45) is 0 Å². The van der Waals surface area contributed by atoms with Crippen LogP contribution in [0.3, 0.4) is 0 Å². The minimum absolute atomic E-state index is 0.151. The number of aromatic nitrogens is 3. The van der Waals surface area contributed by atoms with Crippen LogP contribution >= 0.6 is 0 Å². The van der Waals surface area contributed by atoms with E-state index in [1.54, 1.807) is 18.6 Å². The number of oxazole rings is 1. The van der Waals surface area contributed by atoms with E-state index in [0.717, 1.165) is 11.1 Å². The second-order valence-corrected chi connectivity index (χ2v) is 4.16. The molecule has 1 N–H and O–H groups in total. The van der Waals surface area contributed by atoms with Crippen LogP contribution in [0, 0.1) is 6.92 Å². The fourth-order valence-electron chi connectivity index (χ4n) is 1.97. The predicted molar refractivity (Wildman–Crippen MR) is 70.5 cm³/mol. The Kier molecular flexibility index (Phi) is 2.72. The number of aromatic amines is 1. The molecule has 0 fully saturated rings. The van der Waals surface area contributed by atoms with Gasteiger partial charge in [0, 0.05) is 18.0 Å². The van der Waals surface area contributed by atoms with Gasteiger partial charge in [-0.2, -0.15) is 0 Å². The van der Waals surface area contributed by atoms with Crippen molar-refractivity contribution in [2.75, 3.05) is 0 Å². The molecule has 3 heterocycles. The molecular formula is C14H11N3O2. The summed E-state index contributed by atoms with van der Waals surface area (Å²) in [5.74, 6) is 0.647. The van der Waals surface area contributed by atoms with Crippen LogP contribution in [-0.2, 0) is 0 Å². The summed E-state index contributed by atoms with van der Waals surface area (Å²) in [6, 6.07) is 5.48. The van der Waals surface area contributed by atoms with Gasteiger partial charge >= 0.3 is 0 Å². The van der Waals surface area contributed by atoms with Crippen LogP contribution < -0.4 is 5.56 Å². The Morgan fingerprint density at radius 1 is 1.32 bits per heavy atom. The fraction of sp³-hybridized carbons (Fsp3) is 0.0714. The number of H-pyrrole nitrogens is 1. The molecule has 0 saturated heterocycles. The molecule has 0 aliphatic rings. The summed E-state index contributed by atoms with van der Waals surface area (Å²) < 4.78 is 5.25. The number of pyridine rings is 2. The van der Waals surface area contributed by atoms with E-state index in [0.29, 0.717) is 17.0 Å². The summed E-state index contributed by atoms with van der Waals surface area (Å²) in [6.45, 7) is 1.88. The highest BCUT2D eigenvalue weighted by molar-refractivity contribution is 5.68. The van der Waals surface area contributed by atoms with Gasteiger partial charge in [0.05, 0.1) is 17.5 Å². The van der Waals surface area contributed by atoms with E-state index >= 15 is 0 Å². The van der Waals surface area contributed by atoms with Crippen molar-refractivity contribution in [1.29, 1.82) is 0 Å². The molecule has 19 heavy (non-hydrogen) atoms. The highest BCUT2D eigenvalue weighted by Crippen LogP contribution is 2.23. The molecule has 0 amide bonds. The molecule has 0 aliphatic carbocycles. The molecule has 0 unspecified atom stereocenters. The Balaban J connectivity index is 2.17. The van der Waals surface area contributed by atoms with Crippen molar-refractivity contribution in [1.82, 2.24) is 15.0 Å². The van der Waals surface area contributed by atoms with E-state index in [-0.39, 0.29) is 5.56 Å². The second-order valence-electron chi connectivity index (χ2n) is 4.16. The number of nitrogens with zero attached hydrogens (tertiary/aromatic N) is 2. The molecule has 0 saturated carbocycles. The van der Waals surface area contributed by atoms with E-state index in [1.807, 2.05) is 25.1 Å². The zero-order valence-corrected chi connectivity index (χ0v) is 10.3. The number of rotatable bonds is 2. The van der Waals surface area contributed by atoms with Crippen molar-refractivity contribution in [3.05, 3.63) is 59.1 Å². The SMILES string of the molecule is Cc1cc[nH]c(=O)c1-c1cc(-c2cnco2)ccn1. The lowest BCUT2D eigenvalue weighted by Gasteiger charge is -2.04. The lowest BCUT2D eigenvalue weighted by Crippen LogP contribution is -2.10. The van der Waals surface area contributed by atoms with Crippen molar-refractivity contribution in [3.63, 3.8) is 0 Å². The van der Waals surface area contributed by atoms with Crippen LogP contribution in [0.2, 0.25) is 0 Å². The van der Waals surface area contributed by atoms with E-state index < -0.39 is 0 Å². The molecular weight excluding hydrogens is 242 g/mol. The van der Waals surface area contributed by atoms with Gasteiger partial charge in [-0.25, -0.2) is 4.98 Å². The van der Waals surface area contributed by atoms with Gasteiger partial charge in [-0.05, 0) is 30.7 Å². The lowest BCUT2D eigenvalue weighted by molar-refractivity contribution is 0.572. The Hall–Kier alpha value is -2.69. The average molecular weight is 253 g/mol. The van der Waals surface area contributed by atoms with Gasteiger partial charge in [0.2, 0.25) is 0 Å². The van der Waals surface area contributed by atoms with Gasteiger partial charge in [0.1, 0.15) is 0 Å². The van der Waals surface area contributed by atoms with Crippen molar-refractivity contribution in [3.8, 4) is 22.6 Å². The Morgan fingerprint density at radius 2 is 2.21 bits per heavy atom. The molecule has 0 spiro atoms. The first-order valence-electron chi connectivity index (χ1n) is 5.79. The standard InChI is InChI=1S/C14H11N3O2/c1-9-2-4-17-14(18)13(9)11-6-10(3-5-16-11)12-7-15-8-19-12/h2-8H,1H3,(H,17,18). The van der Waals surface area contributed by atoms with E-state index in [1.165, 1.54) is 6.39 Å². The number of aryl methyl sites for hydroxylation is 1. The normalized spacial score (nSPS) is 10.6. The first kappa shape index (κ1) is 11.4. The zero-order chi connectivity index (χ0) is 13.2. The molecule has 5 heteroatoms. The third kappa shape index (κ3) is 2.06. The highest BCUT2D eigenvalue weighted by Gasteiger charge is 2.10. The Morgan fingerprint density at radius 3 is 2.95 bits per heavy atom. The lowest BCUT2D eigenvalue weighted by atomic mass is 10.1. The summed E-state index contributed by atoms with van der Waals surface area (Å²) in [4.78, 5) is 22.7. The molecule has 0 aliphatic heterocycles. The summed E-state index contributed by atoms with van der Waals surface area (Å²) in [7, 11) is 0. The predicted octanol–water partition coefficient (Wildman–Crippen LogP) is 2.40. The van der Waals surface area contributed by atoms with Crippen LogP contribution in [0.15, 0.2) is 52.4 Å². The van der Waals surface area contributed by atoms with Crippen molar-refractivity contribution in [2.45, 2.75) is 6.92 Å². The molecule has 3 rings (SSSR count). The molecule has 0 aromatic carbocycles. The molecule has 0 radical (unpaired) electrons. The molecule has 0 atom stereocenters. The van der Waals surface area contributed by atoms with Crippen LogP contribution in [0.4, 0.5) is 0 Å². The van der Waals surface area contributed by atoms with E-state index in [2.05, 4.69) is 15.0 Å². The van der Waals surface area contributed by atoms with E-state index in [9.17, 15) is 4.79 Å². The zero-order valence-electron chi connectivity index (χ0n) is 10.3. The quantitative estimate of drug-likeness (QED) is 0.761. The van der Waals surface area contributed by atoms with Crippen LogP contribution in [-0.4, -0.2) is 15.0 Å². The topological polar surface area (TPSA) is 71.8 Å². The molecule has 3 aromatic heterocycles. The summed E-state index contributed by atoms with van der Waals surface area (Å²) >= 11 is 0. The molecule has 0 bridgehead atoms. The molecule has 94 valence electrons. The van der Waals surface area contributed by atoms with Crippen molar-refractivity contribution >= 4 is 0 Å². The minimum Gasteiger partial charge on any atom is -0.444 e. The third-order valence-electron chi connectivity index (χ3n) is 2.90. The monoisotopic (exact) mass is 253 g/mol. The Bertz CT molecular complexity index is 760. The Labute approximate surface area is 109 Å². The van der Waals surface area contributed by atoms with Gasteiger partial charge in [0.15, 0.2) is 12.2 Å². The number of hydrogen-bond donors (Lipinski definition) is 1. The largest absolute Gasteiger partial charge is 0.444 e. The van der Waals surface area contributed by atoms with Gasteiger partial charge in [0.25, 0.3) is 5.56 Å². The van der Waals surface area contributed by atoms with Gasteiger partial charge in [-0.3, -0.25) is 9.78 Å². The maximum atomic E-state index is 11.9. The summed E-state index contributed by atoms with van der Waals surface area (Å²) in [5.41, 5.74) is 2.76. The summed E-state index contributed by atoms with van der Waals surface area (Å²) in [5, 5.41) is 0. The van der Waals surface area contributed by atoms with Crippen molar-refractivity contribution < 1.29 is 4.42 Å². The van der Waals surface area contributed by atoms with Crippen LogP contribution in [0.25, 0.3) is 22.6 Å². The van der Waals surface area contributed by atoms with E-state index in [4.69, 9.17) is 4.42 Å². The highest BCUT2D eigenvalue weighted by atomic mass is 16.3. The number of hydrogen-bond acceptors (Lipinski definition) is 4. The first-order chi connectivity index (χ1) is 9.25. The average Bonchev–Trinajstić information content (AvgIpc) is 2.93. The second kappa shape index (κ2) is 4.53. The van der Waals surface area contributed by atoms with Crippen LogP contribution in [0.5, 0.6) is 0 Å². The van der Waals surface area contributed by atoms with Gasteiger partial charge < -0.3 is 9.40 Å². The minimum atomic E-state index is -0.151. The molecule has 3 aromatic rings. The number of nitrogens with one attached hydrogen (secondary N) is 1. The molecule has 5 nitrogen and oxygen atoms in total. The third-order valence-corrected chi connectivity index (χ3v) is 2.90. The maximum absolute atomic E-state index is 11.9. The summed E-state index contributed by atoms with van der Waals surface area (Å²) in [6.07, 6.45) is 6.28.